The average Bonchev–Trinajstić information content (AvgIpc) is 2.67. The Morgan fingerprint density at radius 1 is 1.33 bits per heavy atom. The summed E-state index contributed by atoms with van der Waals surface area (Å²) in [5.41, 5.74) is 7.88. The zero-order valence-corrected chi connectivity index (χ0v) is 11.3. The second-order valence-corrected chi connectivity index (χ2v) is 6.97. The van der Waals surface area contributed by atoms with Crippen molar-refractivity contribution in [3.63, 3.8) is 0 Å². The van der Waals surface area contributed by atoms with Gasteiger partial charge in [0.2, 0.25) is 0 Å². The SMILES string of the molecule is Cc1ccc2oc(C(N)CCS(C)(=O)=O)cc2c1. The lowest BCUT2D eigenvalue weighted by Gasteiger charge is -2.06. The van der Waals surface area contributed by atoms with Crippen LogP contribution in [0.5, 0.6) is 0 Å². The molecule has 5 heteroatoms. The molecule has 1 heterocycles. The molecule has 1 unspecified atom stereocenters. The van der Waals surface area contributed by atoms with Crippen LogP contribution in [0.25, 0.3) is 11.0 Å². The molecule has 0 aliphatic carbocycles. The van der Waals surface area contributed by atoms with E-state index >= 15 is 0 Å². The van der Waals surface area contributed by atoms with Crippen molar-refractivity contribution in [1.82, 2.24) is 0 Å². The van der Waals surface area contributed by atoms with Crippen LogP contribution in [0, 0.1) is 6.92 Å². The van der Waals surface area contributed by atoms with E-state index < -0.39 is 9.84 Å². The molecular formula is C13H17NO3S. The Kier molecular flexibility index (Phi) is 3.45. The molecule has 2 rings (SSSR count). The van der Waals surface area contributed by atoms with Crippen LogP contribution in [0.15, 0.2) is 28.7 Å². The third-order valence-corrected chi connectivity index (χ3v) is 3.83. The average molecular weight is 267 g/mol. The van der Waals surface area contributed by atoms with Gasteiger partial charge in [-0.1, -0.05) is 11.6 Å². The van der Waals surface area contributed by atoms with Gasteiger partial charge in [-0.25, -0.2) is 8.42 Å². The standard InChI is InChI=1S/C13H17NO3S/c1-9-3-4-12-10(7-9)8-13(17-12)11(14)5-6-18(2,15)16/h3-4,7-8,11H,5-6,14H2,1-2H3. The summed E-state index contributed by atoms with van der Waals surface area (Å²) in [5, 5.41) is 1.000. The quantitative estimate of drug-likeness (QED) is 0.921. The van der Waals surface area contributed by atoms with E-state index in [0.717, 1.165) is 16.5 Å². The van der Waals surface area contributed by atoms with Crippen molar-refractivity contribution in [3.8, 4) is 0 Å². The number of benzene rings is 1. The second kappa shape index (κ2) is 4.74. The molecule has 1 aromatic carbocycles. The fourth-order valence-electron chi connectivity index (χ4n) is 1.85. The fourth-order valence-corrected chi connectivity index (χ4v) is 2.53. The van der Waals surface area contributed by atoms with Gasteiger partial charge in [-0.05, 0) is 31.5 Å². The van der Waals surface area contributed by atoms with Crippen LogP contribution in [0.4, 0.5) is 0 Å². The molecule has 2 N–H and O–H groups in total. The monoisotopic (exact) mass is 267 g/mol. The molecule has 1 aromatic heterocycles. The molecular weight excluding hydrogens is 250 g/mol. The number of furan rings is 1. The summed E-state index contributed by atoms with van der Waals surface area (Å²) < 4.78 is 27.8. The van der Waals surface area contributed by atoms with Crippen LogP contribution in [-0.4, -0.2) is 20.4 Å². The van der Waals surface area contributed by atoms with Crippen LogP contribution in [0.1, 0.15) is 23.8 Å². The van der Waals surface area contributed by atoms with E-state index in [1.54, 1.807) is 0 Å². The maximum absolute atomic E-state index is 11.1. The highest BCUT2D eigenvalue weighted by Gasteiger charge is 2.14. The van der Waals surface area contributed by atoms with Crippen LogP contribution >= 0.6 is 0 Å². The molecule has 0 radical (unpaired) electrons. The maximum Gasteiger partial charge on any atom is 0.147 e. The van der Waals surface area contributed by atoms with Gasteiger partial charge >= 0.3 is 0 Å². The second-order valence-electron chi connectivity index (χ2n) is 4.72. The Morgan fingerprint density at radius 3 is 2.72 bits per heavy atom. The number of nitrogens with two attached hydrogens (primary N) is 1. The Balaban J connectivity index is 2.20. The van der Waals surface area contributed by atoms with Crippen LogP contribution < -0.4 is 5.73 Å². The minimum Gasteiger partial charge on any atom is -0.459 e. The predicted octanol–water partition coefficient (Wildman–Crippen LogP) is 2.18. The number of rotatable bonds is 4. The molecule has 0 amide bonds. The molecule has 4 nitrogen and oxygen atoms in total. The van der Waals surface area contributed by atoms with Crippen molar-refractivity contribution in [2.24, 2.45) is 5.73 Å². The van der Waals surface area contributed by atoms with E-state index in [-0.39, 0.29) is 11.8 Å². The topological polar surface area (TPSA) is 73.3 Å². The highest BCUT2D eigenvalue weighted by atomic mass is 32.2. The minimum atomic E-state index is -2.99. The van der Waals surface area contributed by atoms with E-state index in [2.05, 4.69) is 0 Å². The van der Waals surface area contributed by atoms with Gasteiger partial charge in [0.25, 0.3) is 0 Å². The molecule has 0 aliphatic rings. The summed E-state index contributed by atoms with van der Waals surface area (Å²) in [6.07, 6.45) is 1.58. The summed E-state index contributed by atoms with van der Waals surface area (Å²) >= 11 is 0. The molecule has 18 heavy (non-hydrogen) atoms. The number of sulfone groups is 1. The molecule has 1 atom stereocenters. The lowest BCUT2D eigenvalue weighted by Crippen LogP contribution is -2.14. The first-order valence-electron chi connectivity index (χ1n) is 5.78. The van der Waals surface area contributed by atoms with E-state index in [4.69, 9.17) is 10.2 Å². The summed E-state index contributed by atoms with van der Waals surface area (Å²) in [5.74, 6) is 0.712. The Bertz CT molecular complexity index is 658. The summed E-state index contributed by atoms with van der Waals surface area (Å²) in [6.45, 7) is 2.01. The van der Waals surface area contributed by atoms with Crippen LogP contribution in [-0.2, 0) is 9.84 Å². The highest BCUT2D eigenvalue weighted by molar-refractivity contribution is 7.90. The normalized spacial score (nSPS) is 13.9. The molecule has 0 fully saturated rings. The largest absolute Gasteiger partial charge is 0.459 e. The van der Waals surface area contributed by atoms with Gasteiger partial charge in [-0.3, -0.25) is 0 Å². The molecule has 98 valence electrons. The van der Waals surface area contributed by atoms with Gasteiger partial charge in [0.05, 0.1) is 11.8 Å². The van der Waals surface area contributed by atoms with E-state index in [0.29, 0.717) is 12.2 Å². The summed E-state index contributed by atoms with van der Waals surface area (Å²) in [6, 6.07) is 7.39. The first-order chi connectivity index (χ1) is 8.35. The molecule has 0 aliphatic heterocycles. The molecule has 2 aromatic rings. The third-order valence-electron chi connectivity index (χ3n) is 2.86. The minimum absolute atomic E-state index is 0.0737. The van der Waals surface area contributed by atoms with E-state index in [9.17, 15) is 8.42 Å². The van der Waals surface area contributed by atoms with Gasteiger partial charge in [0.15, 0.2) is 0 Å². The predicted molar refractivity (Wildman–Crippen MR) is 72.2 cm³/mol. The lowest BCUT2D eigenvalue weighted by molar-refractivity contribution is 0.487. The van der Waals surface area contributed by atoms with E-state index in [1.165, 1.54) is 6.26 Å². The number of hydrogen-bond acceptors (Lipinski definition) is 4. The summed E-state index contributed by atoms with van der Waals surface area (Å²) in [7, 11) is -2.99. The van der Waals surface area contributed by atoms with Gasteiger partial charge < -0.3 is 10.2 Å². The highest BCUT2D eigenvalue weighted by Crippen LogP contribution is 2.25. The lowest BCUT2D eigenvalue weighted by atomic mass is 10.1. The zero-order chi connectivity index (χ0) is 13.3. The number of hydrogen-bond donors (Lipinski definition) is 1. The van der Waals surface area contributed by atoms with Crippen LogP contribution in [0.3, 0.4) is 0 Å². The van der Waals surface area contributed by atoms with Gasteiger partial charge in [-0.15, -0.1) is 0 Å². The van der Waals surface area contributed by atoms with Gasteiger partial charge in [0, 0.05) is 11.6 Å². The van der Waals surface area contributed by atoms with Crippen LogP contribution in [0.2, 0.25) is 0 Å². The zero-order valence-electron chi connectivity index (χ0n) is 10.5. The van der Waals surface area contributed by atoms with Gasteiger partial charge in [0.1, 0.15) is 21.2 Å². The van der Waals surface area contributed by atoms with Crippen molar-refractivity contribution in [1.29, 1.82) is 0 Å². The molecule has 0 spiro atoms. The third kappa shape index (κ3) is 3.11. The maximum atomic E-state index is 11.1. The molecule has 0 saturated carbocycles. The first-order valence-corrected chi connectivity index (χ1v) is 7.84. The first kappa shape index (κ1) is 13.1. The molecule has 0 bridgehead atoms. The smallest absolute Gasteiger partial charge is 0.147 e. The van der Waals surface area contributed by atoms with E-state index in [1.807, 2.05) is 31.2 Å². The number of fused-ring (bicyclic) bond motifs is 1. The van der Waals surface area contributed by atoms with Gasteiger partial charge in [-0.2, -0.15) is 0 Å². The molecule has 0 saturated heterocycles. The van der Waals surface area contributed by atoms with Crippen molar-refractivity contribution < 1.29 is 12.8 Å². The Labute approximate surface area is 107 Å². The van der Waals surface area contributed by atoms with Crippen molar-refractivity contribution in [3.05, 3.63) is 35.6 Å². The Morgan fingerprint density at radius 2 is 2.06 bits per heavy atom. The van der Waals surface area contributed by atoms with Crippen molar-refractivity contribution >= 4 is 20.8 Å². The fraction of sp³-hybridized carbons (Fsp3) is 0.385. The van der Waals surface area contributed by atoms with Crippen molar-refractivity contribution in [2.75, 3.05) is 12.0 Å². The number of aryl methyl sites for hydroxylation is 1. The van der Waals surface area contributed by atoms with Crippen molar-refractivity contribution in [2.45, 2.75) is 19.4 Å². The summed E-state index contributed by atoms with van der Waals surface area (Å²) in [4.78, 5) is 0. The Hall–Kier alpha value is -1.33.